The van der Waals surface area contributed by atoms with Gasteiger partial charge in [-0.1, -0.05) is 12.1 Å². The minimum atomic E-state index is 0.489. The number of nitrogens with zero attached hydrogens (tertiary/aromatic N) is 2. The van der Waals surface area contributed by atoms with E-state index in [0.717, 1.165) is 15.6 Å². The number of benzene rings is 1. The first-order valence-electron chi connectivity index (χ1n) is 4.58. The van der Waals surface area contributed by atoms with Gasteiger partial charge in [-0.05, 0) is 40.8 Å². The largest absolute Gasteiger partial charge is 0.398 e. The van der Waals surface area contributed by atoms with E-state index in [-0.39, 0.29) is 0 Å². The van der Waals surface area contributed by atoms with Crippen molar-refractivity contribution in [3.63, 3.8) is 0 Å². The molecule has 0 aliphatic heterocycles. The maximum atomic E-state index is 5.84. The van der Waals surface area contributed by atoms with Crippen LogP contribution in [0.25, 0.3) is 11.5 Å². The highest BCUT2D eigenvalue weighted by molar-refractivity contribution is 14.1. The third-order valence-corrected chi connectivity index (χ3v) is 2.70. The number of nitrogens with two attached hydrogens (primary N) is 1. The van der Waals surface area contributed by atoms with Crippen LogP contribution in [0.15, 0.2) is 22.7 Å². The molecular weight excluding hydrogens is 305 g/mol. The number of nitrogen functional groups attached to an aromatic ring is 1. The van der Waals surface area contributed by atoms with Crippen LogP contribution < -0.4 is 5.73 Å². The van der Waals surface area contributed by atoms with Gasteiger partial charge in [0.15, 0.2) is 5.82 Å². The molecule has 0 fully saturated rings. The molecule has 0 spiro atoms. The second-order valence-corrected chi connectivity index (χ2v) is 4.35. The van der Waals surface area contributed by atoms with Crippen LogP contribution in [-0.2, 0) is 6.42 Å². The lowest BCUT2D eigenvalue weighted by molar-refractivity contribution is 0.423. The molecule has 4 nitrogen and oxygen atoms in total. The monoisotopic (exact) mass is 315 g/mol. The molecule has 2 N–H and O–H groups in total. The summed E-state index contributed by atoms with van der Waals surface area (Å²) in [5, 5.41) is 3.84. The minimum Gasteiger partial charge on any atom is -0.398 e. The summed E-state index contributed by atoms with van der Waals surface area (Å²) in [6.07, 6.45) is 0.757. The standard InChI is InChI=1S/C10H10IN3O/c1-2-9-13-10(15-14-9)7-5-6(11)3-4-8(7)12/h3-5H,2,12H2,1H3. The van der Waals surface area contributed by atoms with Gasteiger partial charge in [-0.25, -0.2) is 0 Å². The van der Waals surface area contributed by atoms with Gasteiger partial charge < -0.3 is 10.3 Å². The SMILES string of the molecule is CCc1noc(-c2cc(I)ccc2N)n1. The maximum absolute atomic E-state index is 5.84. The Balaban J connectivity index is 2.48. The summed E-state index contributed by atoms with van der Waals surface area (Å²) < 4.78 is 6.22. The Morgan fingerprint density at radius 1 is 1.47 bits per heavy atom. The summed E-state index contributed by atoms with van der Waals surface area (Å²) in [4.78, 5) is 4.24. The molecule has 0 saturated carbocycles. The van der Waals surface area contributed by atoms with Gasteiger partial charge in [-0.2, -0.15) is 4.98 Å². The van der Waals surface area contributed by atoms with Crippen LogP contribution in [0.3, 0.4) is 0 Å². The lowest BCUT2D eigenvalue weighted by atomic mass is 10.2. The van der Waals surface area contributed by atoms with Crippen molar-refractivity contribution in [2.45, 2.75) is 13.3 Å². The second kappa shape index (κ2) is 4.18. The number of aromatic nitrogens is 2. The van der Waals surface area contributed by atoms with Crippen molar-refractivity contribution in [3.8, 4) is 11.5 Å². The van der Waals surface area contributed by atoms with Crippen LogP contribution >= 0.6 is 22.6 Å². The van der Waals surface area contributed by atoms with Gasteiger partial charge in [-0.15, -0.1) is 0 Å². The van der Waals surface area contributed by atoms with Crippen molar-refractivity contribution in [2.24, 2.45) is 0 Å². The Morgan fingerprint density at radius 3 is 2.93 bits per heavy atom. The van der Waals surface area contributed by atoms with Gasteiger partial charge in [0.1, 0.15) is 0 Å². The fourth-order valence-corrected chi connectivity index (χ4v) is 1.71. The molecule has 1 aromatic heterocycles. The van der Waals surface area contributed by atoms with Crippen molar-refractivity contribution < 1.29 is 4.52 Å². The predicted octanol–water partition coefficient (Wildman–Crippen LogP) is 2.49. The number of hydrogen-bond acceptors (Lipinski definition) is 4. The third-order valence-electron chi connectivity index (χ3n) is 2.03. The molecule has 15 heavy (non-hydrogen) atoms. The van der Waals surface area contributed by atoms with Crippen LogP contribution in [0.2, 0.25) is 0 Å². The van der Waals surface area contributed by atoms with E-state index in [9.17, 15) is 0 Å². The lowest BCUT2D eigenvalue weighted by Gasteiger charge is -2.00. The molecule has 78 valence electrons. The van der Waals surface area contributed by atoms with Gasteiger partial charge in [-0.3, -0.25) is 0 Å². The summed E-state index contributed by atoms with van der Waals surface area (Å²) in [6, 6.07) is 5.71. The van der Waals surface area contributed by atoms with Crippen molar-refractivity contribution in [3.05, 3.63) is 27.6 Å². The normalized spacial score (nSPS) is 10.5. The van der Waals surface area contributed by atoms with Gasteiger partial charge in [0.2, 0.25) is 0 Å². The van der Waals surface area contributed by atoms with Crippen LogP contribution in [0.5, 0.6) is 0 Å². The van der Waals surface area contributed by atoms with Crippen molar-refractivity contribution >= 4 is 28.3 Å². The van der Waals surface area contributed by atoms with Gasteiger partial charge in [0, 0.05) is 15.7 Å². The Kier molecular flexibility index (Phi) is 2.90. The van der Waals surface area contributed by atoms with Crippen LogP contribution in [0.4, 0.5) is 5.69 Å². The van der Waals surface area contributed by atoms with Crippen LogP contribution in [0.1, 0.15) is 12.7 Å². The van der Waals surface area contributed by atoms with Gasteiger partial charge in [0.05, 0.1) is 5.56 Å². The molecule has 0 aliphatic rings. The molecule has 0 amide bonds. The van der Waals surface area contributed by atoms with E-state index in [1.54, 1.807) is 0 Å². The second-order valence-electron chi connectivity index (χ2n) is 3.10. The quantitative estimate of drug-likeness (QED) is 0.683. The van der Waals surface area contributed by atoms with E-state index < -0.39 is 0 Å². The Bertz CT molecular complexity index is 481. The molecule has 0 radical (unpaired) electrons. The number of aryl methyl sites for hydroxylation is 1. The first-order valence-corrected chi connectivity index (χ1v) is 5.66. The number of anilines is 1. The molecule has 0 unspecified atom stereocenters. The smallest absolute Gasteiger partial charge is 0.260 e. The number of halogens is 1. The molecule has 2 rings (SSSR count). The molecule has 2 aromatic rings. The molecule has 0 saturated heterocycles. The Morgan fingerprint density at radius 2 is 2.27 bits per heavy atom. The number of rotatable bonds is 2. The summed E-state index contributed by atoms with van der Waals surface area (Å²) in [6.45, 7) is 1.98. The first kappa shape index (κ1) is 10.4. The Labute approximate surface area is 101 Å². The minimum absolute atomic E-state index is 0.489. The highest BCUT2D eigenvalue weighted by atomic mass is 127. The third kappa shape index (κ3) is 2.11. The summed E-state index contributed by atoms with van der Waals surface area (Å²) >= 11 is 2.22. The van der Waals surface area contributed by atoms with Gasteiger partial charge >= 0.3 is 0 Å². The van der Waals surface area contributed by atoms with Crippen LogP contribution in [0, 0.1) is 3.57 Å². The van der Waals surface area contributed by atoms with E-state index in [4.69, 9.17) is 10.3 Å². The maximum Gasteiger partial charge on any atom is 0.260 e. The molecule has 1 aromatic carbocycles. The first-order chi connectivity index (χ1) is 7.20. The van der Waals surface area contributed by atoms with Gasteiger partial charge in [0.25, 0.3) is 5.89 Å². The average Bonchev–Trinajstić information content (AvgIpc) is 2.70. The van der Waals surface area contributed by atoms with E-state index in [0.29, 0.717) is 17.4 Å². The fraction of sp³-hybridized carbons (Fsp3) is 0.200. The molecule has 0 bridgehead atoms. The molecule has 5 heteroatoms. The van der Waals surface area contributed by atoms with E-state index >= 15 is 0 Å². The zero-order valence-electron chi connectivity index (χ0n) is 8.20. The molecular formula is C10H10IN3O. The van der Waals surface area contributed by atoms with Crippen molar-refractivity contribution in [1.29, 1.82) is 0 Å². The zero-order valence-corrected chi connectivity index (χ0v) is 10.4. The van der Waals surface area contributed by atoms with E-state index in [1.807, 2.05) is 25.1 Å². The van der Waals surface area contributed by atoms with E-state index in [1.165, 1.54) is 0 Å². The lowest BCUT2D eigenvalue weighted by Crippen LogP contribution is -1.91. The Hall–Kier alpha value is -1.11. The highest BCUT2D eigenvalue weighted by Gasteiger charge is 2.10. The highest BCUT2D eigenvalue weighted by Crippen LogP contribution is 2.26. The topological polar surface area (TPSA) is 64.9 Å². The summed E-state index contributed by atoms with van der Waals surface area (Å²) in [5.74, 6) is 1.19. The summed E-state index contributed by atoms with van der Waals surface area (Å²) in [7, 11) is 0. The zero-order chi connectivity index (χ0) is 10.8. The number of hydrogen-bond donors (Lipinski definition) is 1. The average molecular weight is 315 g/mol. The fourth-order valence-electron chi connectivity index (χ4n) is 1.22. The predicted molar refractivity (Wildman–Crippen MR) is 66.2 cm³/mol. The molecule has 0 aliphatic carbocycles. The van der Waals surface area contributed by atoms with E-state index in [2.05, 4.69) is 32.7 Å². The molecule has 0 atom stereocenters. The molecule has 1 heterocycles. The van der Waals surface area contributed by atoms with Crippen molar-refractivity contribution in [2.75, 3.05) is 5.73 Å². The summed E-state index contributed by atoms with van der Waals surface area (Å²) in [5.41, 5.74) is 7.30. The van der Waals surface area contributed by atoms with Crippen molar-refractivity contribution in [1.82, 2.24) is 10.1 Å². The van der Waals surface area contributed by atoms with Crippen LogP contribution in [-0.4, -0.2) is 10.1 Å².